The van der Waals surface area contributed by atoms with Gasteiger partial charge in [-0.05, 0) is 94.3 Å². The molecule has 0 unspecified atom stereocenters. The van der Waals surface area contributed by atoms with Crippen molar-refractivity contribution in [1.29, 1.82) is 0 Å². The fourth-order valence-electron chi connectivity index (χ4n) is 5.68. The van der Waals surface area contributed by atoms with E-state index in [2.05, 4.69) is 52.8 Å². The van der Waals surface area contributed by atoms with Crippen LogP contribution in [0.25, 0.3) is 10.9 Å². The zero-order chi connectivity index (χ0) is 25.7. The number of esters is 1. The maximum Gasteiger partial charge on any atom is 0.337 e. The Balaban J connectivity index is 1.60. The van der Waals surface area contributed by atoms with E-state index in [9.17, 15) is 9.90 Å². The van der Waals surface area contributed by atoms with E-state index in [4.69, 9.17) is 4.74 Å². The number of hydrogen-bond donors (Lipinski definition) is 1. The first-order valence-corrected chi connectivity index (χ1v) is 13.5. The summed E-state index contributed by atoms with van der Waals surface area (Å²) in [5, 5.41) is 11.6. The van der Waals surface area contributed by atoms with Gasteiger partial charge in [-0.3, -0.25) is 0 Å². The molecule has 0 aliphatic carbocycles. The number of nitrogens with zero attached hydrogens (tertiary/aromatic N) is 2. The summed E-state index contributed by atoms with van der Waals surface area (Å²) in [5.41, 5.74) is 5.39. The van der Waals surface area contributed by atoms with Gasteiger partial charge in [-0.2, -0.15) is 0 Å². The molecule has 4 rings (SSSR count). The second-order valence-electron chi connectivity index (χ2n) is 11.1. The van der Waals surface area contributed by atoms with E-state index in [1.54, 1.807) is 0 Å². The summed E-state index contributed by atoms with van der Waals surface area (Å²) in [5.74, 6) is 0.349. The molecule has 3 aromatic rings. The molecule has 0 radical (unpaired) electrons. The number of rotatable bonds is 10. The third-order valence-electron chi connectivity index (χ3n) is 7.48. The van der Waals surface area contributed by atoms with Gasteiger partial charge in [-0.15, -0.1) is 0 Å². The highest BCUT2D eigenvalue weighted by atomic mass is 16.5. The predicted molar refractivity (Wildman–Crippen MR) is 147 cm³/mol. The first kappa shape index (κ1) is 26.4. The van der Waals surface area contributed by atoms with Crippen LogP contribution in [0.4, 0.5) is 0 Å². The summed E-state index contributed by atoms with van der Waals surface area (Å²) in [4.78, 5) is 14.3. The van der Waals surface area contributed by atoms with Crippen LogP contribution in [0.5, 0.6) is 0 Å². The van der Waals surface area contributed by atoms with E-state index in [1.807, 2.05) is 26.0 Å². The van der Waals surface area contributed by atoms with E-state index in [1.165, 1.54) is 60.5 Å². The maximum absolute atomic E-state index is 11.9. The lowest BCUT2D eigenvalue weighted by Crippen LogP contribution is -2.43. The summed E-state index contributed by atoms with van der Waals surface area (Å²) in [6, 6.07) is 16.7. The summed E-state index contributed by atoms with van der Waals surface area (Å²) in [6.45, 7) is 9.96. The molecule has 5 heteroatoms. The molecular formula is C31H42N2O3. The van der Waals surface area contributed by atoms with Crippen LogP contribution in [0, 0.1) is 5.92 Å². The zero-order valence-electron chi connectivity index (χ0n) is 22.4. The van der Waals surface area contributed by atoms with Crippen molar-refractivity contribution < 1.29 is 14.6 Å². The summed E-state index contributed by atoms with van der Waals surface area (Å²) in [6.07, 6.45) is 6.62. The van der Waals surface area contributed by atoms with E-state index in [0.717, 1.165) is 39.0 Å². The highest BCUT2D eigenvalue weighted by Crippen LogP contribution is 2.32. The van der Waals surface area contributed by atoms with Crippen LogP contribution in [-0.2, 0) is 24.1 Å². The van der Waals surface area contributed by atoms with Crippen molar-refractivity contribution in [2.24, 2.45) is 5.92 Å². The normalized spacial score (nSPS) is 15.5. The monoisotopic (exact) mass is 490 g/mol. The number of carbonyl (C=O) groups is 1. The van der Waals surface area contributed by atoms with Gasteiger partial charge in [0.25, 0.3) is 0 Å². The molecule has 0 bridgehead atoms. The van der Waals surface area contributed by atoms with Crippen LogP contribution < -0.4 is 0 Å². The largest absolute Gasteiger partial charge is 0.465 e. The number of aliphatic hydroxyl groups is 1. The highest BCUT2D eigenvalue weighted by Gasteiger charge is 2.26. The summed E-state index contributed by atoms with van der Waals surface area (Å²) >= 11 is 0. The SMILES string of the molecule is CCCCc1c(Cc2ccc(C(=O)OC)cc2)c2ccccc2n1CC1CCN(CC(C)(C)O)CC1. The first-order chi connectivity index (χ1) is 17.3. The number of benzene rings is 2. The Hall–Kier alpha value is -2.63. The standard InChI is InChI=1S/C31H42N2O3/c1-5-6-10-29-27(20-23-12-14-25(15-13-23)30(34)36-4)26-9-7-8-11-28(26)33(29)21-24-16-18-32(19-17-24)22-31(2,3)35/h7-9,11-15,24,35H,5-6,10,16-22H2,1-4H3. The first-order valence-electron chi connectivity index (χ1n) is 13.5. The third-order valence-corrected chi connectivity index (χ3v) is 7.48. The number of fused-ring (bicyclic) bond motifs is 1. The Bertz CT molecular complexity index is 1150. The van der Waals surface area contributed by atoms with Gasteiger partial charge >= 0.3 is 5.97 Å². The van der Waals surface area contributed by atoms with Crippen LogP contribution >= 0.6 is 0 Å². The second-order valence-corrected chi connectivity index (χ2v) is 11.1. The predicted octanol–water partition coefficient (Wildman–Crippen LogP) is 5.84. The molecule has 36 heavy (non-hydrogen) atoms. The zero-order valence-corrected chi connectivity index (χ0v) is 22.4. The lowest BCUT2D eigenvalue weighted by molar-refractivity contribution is 0.0234. The minimum Gasteiger partial charge on any atom is -0.465 e. The van der Waals surface area contributed by atoms with Gasteiger partial charge in [0.2, 0.25) is 0 Å². The molecule has 5 nitrogen and oxygen atoms in total. The molecule has 194 valence electrons. The highest BCUT2D eigenvalue weighted by molar-refractivity contribution is 5.89. The molecule has 1 aromatic heterocycles. The third kappa shape index (κ3) is 6.37. The molecule has 1 fully saturated rings. The molecule has 1 aliphatic rings. The number of para-hydroxylation sites is 1. The summed E-state index contributed by atoms with van der Waals surface area (Å²) < 4.78 is 7.47. The number of aromatic nitrogens is 1. The fourth-order valence-corrected chi connectivity index (χ4v) is 5.68. The quantitative estimate of drug-likeness (QED) is 0.363. The molecule has 1 saturated heterocycles. The van der Waals surface area contributed by atoms with Crippen LogP contribution in [0.1, 0.15) is 73.6 Å². The molecule has 0 spiro atoms. The lowest BCUT2D eigenvalue weighted by atomic mass is 9.95. The van der Waals surface area contributed by atoms with Crippen LogP contribution in [-0.4, -0.2) is 52.9 Å². The molecule has 1 aliphatic heterocycles. The minimum absolute atomic E-state index is 0.296. The topological polar surface area (TPSA) is 54.7 Å². The van der Waals surface area contributed by atoms with Crippen molar-refractivity contribution in [3.05, 3.63) is 70.9 Å². The number of piperidine rings is 1. The van der Waals surface area contributed by atoms with Gasteiger partial charge in [-0.1, -0.05) is 43.7 Å². The Morgan fingerprint density at radius 2 is 1.78 bits per heavy atom. The number of ether oxygens (including phenoxy) is 1. The minimum atomic E-state index is -0.638. The van der Waals surface area contributed by atoms with E-state index >= 15 is 0 Å². The average molecular weight is 491 g/mol. The van der Waals surface area contributed by atoms with Gasteiger partial charge in [-0.25, -0.2) is 4.79 Å². The Morgan fingerprint density at radius 3 is 2.42 bits per heavy atom. The molecular weight excluding hydrogens is 448 g/mol. The van der Waals surface area contributed by atoms with Crippen molar-refractivity contribution in [1.82, 2.24) is 9.47 Å². The lowest BCUT2D eigenvalue weighted by Gasteiger charge is -2.35. The number of likely N-dealkylation sites (tertiary alicyclic amines) is 1. The van der Waals surface area contributed by atoms with Crippen molar-refractivity contribution in [3.63, 3.8) is 0 Å². The van der Waals surface area contributed by atoms with Crippen molar-refractivity contribution >= 4 is 16.9 Å². The van der Waals surface area contributed by atoms with Crippen LogP contribution in [0.2, 0.25) is 0 Å². The molecule has 1 N–H and O–H groups in total. The van der Waals surface area contributed by atoms with Gasteiger partial charge < -0.3 is 19.3 Å². The van der Waals surface area contributed by atoms with Crippen LogP contribution in [0.15, 0.2) is 48.5 Å². The maximum atomic E-state index is 11.9. The molecule has 2 heterocycles. The number of hydrogen-bond acceptors (Lipinski definition) is 4. The second kappa shape index (κ2) is 11.6. The number of carbonyl (C=O) groups excluding carboxylic acids is 1. The fraction of sp³-hybridized carbons (Fsp3) is 0.516. The van der Waals surface area contributed by atoms with Crippen molar-refractivity contribution in [2.75, 3.05) is 26.7 Å². The van der Waals surface area contributed by atoms with Gasteiger partial charge in [0.05, 0.1) is 18.3 Å². The Labute approximate surface area is 216 Å². The Kier molecular flexibility index (Phi) is 8.53. The smallest absolute Gasteiger partial charge is 0.337 e. The Morgan fingerprint density at radius 1 is 1.08 bits per heavy atom. The van der Waals surface area contributed by atoms with E-state index in [-0.39, 0.29) is 5.97 Å². The van der Waals surface area contributed by atoms with Crippen molar-refractivity contribution in [3.8, 4) is 0 Å². The number of β-amino-alcohol motifs (C(OH)–C–C–N with tert-alkyl or cyclic N) is 1. The molecule has 0 amide bonds. The van der Waals surface area contributed by atoms with E-state index < -0.39 is 5.60 Å². The van der Waals surface area contributed by atoms with Crippen LogP contribution in [0.3, 0.4) is 0 Å². The van der Waals surface area contributed by atoms with Crippen molar-refractivity contribution in [2.45, 2.75) is 71.4 Å². The number of unbranched alkanes of at least 4 members (excludes halogenated alkanes) is 1. The van der Waals surface area contributed by atoms with Gasteiger partial charge in [0, 0.05) is 29.7 Å². The average Bonchev–Trinajstić information content (AvgIpc) is 3.15. The summed E-state index contributed by atoms with van der Waals surface area (Å²) in [7, 11) is 1.42. The van der Waals surface area contributed by atoms with Gasteiger partial charge in [0.1, 0.15) is 0 Å². The molecule has 0 atom stereocenters. The number of methoxy groups -OCH3 is 1. The van der Waals surface area contributed by atoms with Gasteiger partial charge in [0.15, 0.2) is 0 Å². The van der Waals surface area contributed by atoms with E-state index in [0.29, 0.717) is 11.5 Å². The molecule has 2 aromatic carbocycles. The molecule has 0 saturated carbocycles.